The monoisotopic (exact) mass is 214 g/mol. The van der Waals surface area contributed by atoms with Gasteiger partial charge in [-0.25, -0.2) is 0 Å². The van der Waals surface area contributed by atoms with Gasteiger partial charge < -0.3 is 15.8 Å². The molecule has 0 aromatic rings. The van der Waals surface area contributed by atoms with Crippen molar-refractivity contribution in [2.45, 2.75) is 39.7 Å². The molecule has 0 amide bonds. The molecule has 15 heavy (non-hydrogen) atoms. The number of ether oxygens (including phenoxy) is 1. The molecule has 0 aromatic carbocycles. The Morgan fingerprint density at radius 1 is 1.40 bits per heavy atom. The summed E-state index contributed by atoms with van der Waals surface area (Å²) in [6, 6.07) is 0.209. The van der Waals surface area contributed by atoms with Crippen LogP contribution in [0, 0.1) is 11.3 Å². The van der Waals surface area contributed by atoms with E-state index in [0.717, 1.165) is 32.2 Å². The molecule has 3 heteroatoms. The van der Waals surface area contributed by atoms with E-state index in [9.17, 15) is 0 Å². The average Bonchev–Trinajstić information content (AvgIpc) is 2.92. The predicted octanol–water partition coefficient (Wildman–Crippen LogP) is 1.38. The Balaban J connectivity index is 1.87. The summed E-state index contributed by atoms with van der Waals surface area (Å²) in [6.07, 6.45) is 2.73. The van der Waals surface area contributed by atoms with Gasteiger partial charge in [0.25, 0.3) is 0 Å². The highest BCUT2D eigenvalue weighted by Crippen LogP contribution is 2.28. The van der Waals surface area contributed by atoms with Gasteiger partial charge in [-0.2, -0.15) is 0 Å². The molecule has 90 valence electrons. The Bertz CT molecular complexity index is 173. The lowest BCUT2D eigenvalue weighted by molar-refractivity contribution is 0.125. The topological polar surface area (TPSA) is 47.3 Å². The zero-order chi connectivity index (χ0) is 11.3. The molecule has 1 unspecified atom stereocenters. The van der Waals surface area contributed by atoms with Crippen LogP contribution in [0.1, 0.15) is 33.6 Å². The van der Waals surface area contributed by atoms with E-state index in [0.29, 0.717) is 0 Å². The standard InChI is InChI=1S/C12H26N2O/c1-12(2,3)11(13)8-14-6-7-15-9-10-4-5-10/h10-11,14H,4-9,13H2,1-3H3. The molecule has 1 saturated carbocycles. The molecule has 1 aliphatic rings. The highest BCUT2D eigenvalue weighted by Gasteiger charge is 2.21. The molecule has 1 atom stereocenters. The van der Waals surface area contributed by atoms with E-state index >= 15 is 0 Å². The lowest BCUT2D eigenvalue weighted by atomic mass is 9.87. The van der Waals surface area contributed by atoms with Crippen molar-refractivity contribution in [2.75, 3.05) is 26.3 Å². The summed E-state index contributed by atoms with van der Waals surface area (Å²) >= 11 is 0. The Hall–Kier alpha value is -0.120. The molecule has 0 bridgehead atoms. The SMILES string of the molecule is CC(C)(C)C(N)CNCCOCC1CC1. The van der Waals surface area contributed by atoms with Gasteiger partial charge >= 0.3 is 0 Å². The largest absolute Gasteiger partial charge is 0.380 e. The smallest absolute Gasteiger partial charge is 0.0591 e. The third-order valence-corrected chi connectivity index (χ3v) is 2.95. The lowest BCUT2D eigenvalue weighted by Crippen LogP contribution is -2.44. The van der Waals surface area contributed by atoms with Gasteiger partial charge in [0.2, 0.25) is 0 Å². The van der Waals surface area contributed by atoms with Gasteiger partial charge in [-0.1, -0.05) is 20.8 Å². The molecule has 1 rings (SSSR count). The maximum absolute atomic E-state index is 6.02. The van der Waals surface area contributed by atoms with Crippen molar-refractivity contribution >= 4 is 0 Å². The van der Waals surface area contributed by atoms with Crippen LogP contribution < -0.4 is 11.1 Å². The minimum absolute atomic E-state index is 0.182. The summed E-state index contributed by atoms with van der Waals surface area (Å²) < 4.78 is 5.52. The second kappa shape index (κ2) is 5.83. The number of hydrogen-bond donors (Lipinski definition) is 2. The van der Waals surface area contributed by atoms with Crippen LogP contribution in [0.5, 0.6) is 0 Å². The van der Waals surface area contributed by atoms with Gasteiger partial charge in [-0.15, -0.1) is 0 Å². The Morgan fingerprint density at radius 2 is 2.07 bits per heavy atom. The summed E-state index contributed by atoms with van der Waals surface area (Å²) in [7, 11) is 0. The fourth-order valence-corrected chi connectivity index (χ4v) is 1.24. The summed E-state index contributed by atoms with van der Waals surface area (Å²) in [4.78, 5) is 0. The van der Waals surface area contributed by atoms with Crippen molar-refractivity contribution in [3.8, 4) is 0 Å². The number of hydrogen-bond acceptors (Lipinski definition) is 3. The van der Waals surface area contributed by atoms with Crippen molar-refractivity contribution in [2.24, 2.45) is 17.1 Å². The van der Waals surface area contributed by atoms with Crippen LogP contribution in [0.2, 0.25) is 0 Å². The van der Waals surface area contributed by atoms with Crippen LogP contribution in [0.3, 0.4) is 0 Å². The Labute approximate surface area is 93.8 Å². The van der Waals surface area contributed by atoms with Crippen LogP contribution in [-0.4, -0.2) is 32.3 Å². The first-order chi connectivity index (χ1) is 7.00. The first-order valence-corrected chi connectivity index (χ1v) is 6.04. The van der Waals surface area contributed by atoms with Gasteiger partial charge in [-0.05, 0) is 24.2 Å². The fraction of sp³-hybridized carbons (Fsp3) is 1.00. The van der Waals surface area contributed by atoms with Gasteiger partial charge in [-0.3, -0.25) is 0 Å². The zero-order valence-corrected chi connectivity index (χ0v) is 10.4. The molecule has 1 fully saturated rings. The maximum Gasteiger partial charge on any atom is 0.0591 e. The van der Waals surface area contributed by atoms with Crippen LogP contribution in [-0.2, 0) is 4.74 Å². The van der Waals surface area contributed by atoms with E-state index in [-0.39, 0.29) is 11.5 Å². The normalized spacial score (nSPS) is 19.2. The van der Waals surface area contributed by atoms with Crippen LogP contribution in [0.25, 0.3) is 0 Å². The first-order valence-electron chi connectivity index (χ1n) is 6.04. The van der Waals surface area contributed by atoms with Gasteiger partial charge in [0.05, 0.1) is 6.61 Å². The maximum atomic E-state index is 6.02. The van der Waals surface area contributed by atoms with E-state index in [1.165, 1.54) is 12.8 Å². The van der Waals surface area contributed by atoms with E-state index in [1.54, 1.807) is 0 Å². The molecule has 3 N–H and O–H groups in total. The van der Waals surface area contributed by atoms with Crippen molar-refractivity contribution in [3.63, 3.8) is 0 Å². The summed E-state index contributed by atoms with van der Waals surface area (Å²) in [5, 5.41) is 3.34. The van der Waals surface area contributed by atoms with Crippen LogP contribution in [0.15, 0.2) is 0 Å². The molecule has 3 nitrogen and oxygen atoms in total. The number of rotatable bonds is 7. The minimum atomic E-state index is 0.182. The van der Waals surface area contributed by atoms with E-state index in [2.05, 4.69) is 26.1 Å². The van der Waals surface area contributed by atoms with Crippen molar-refractivity contribution in [1.82, 2.24) is 5.32 Å². The molecular formula is C12H26N2O. The molecule has 1 aliphatic carbocycles. The Morgan fingerprint density at radius 3 is 2.60 bits per heavy atom. The van der Waals surface area contributed by atoms with Gasteiger partial charge in [0.15, 0.2) is 0 Å². The fourth-order valence-electron chi connectivity index (χ4n) is 1.24. The number of nitrogens with two attached hydrogens (primary N) is 1. The first kappa shape index (κ1) is 12.9. The van der Waals surface area contributed by atoms with E-state index < -0.39 is 0 Å². The molecular weight excluding hydrogens is 188 g/mol. The van der Waals surface area contributed by atoms with Crippen molar-refractivity contribution in [1.29, 1.82) is 0 Å². The molecule has 0 saturated heterocycles. The molecule has 0 heterocycles. The zero-order valence-electron chi connectivity index (χ0n) is 10.4. The summed E-state index contributed by atoms with van der Waals surface area (Å²) in [5.41, 5.74) is 6.20. The van der Waals surface area contributed by atoms with Gasteiger partial charge in [0, 0.05) is 25.7 Å². The average molecular weight is 214 g/mol. The van der Waals surface area contributed by atoms with Crippen molar-refractivity contribution < 1.29 is 4.74 Å². The third kappa shape index (κ3) is 6.13. The summed E-state index contributed by atoms with van der Waals surface area (Å²) in [5.74, 6) is 0.863. The van der Waals surface area contributed by atoms with Crippen LogP contribution in [0.4, 0.5) is 0 Å². The highest BCUT2D eigenvalue weighted by atomic mass is 16.5. The van der Waals surface area contributed by atoms with Crippen molar-refractivity contribution in [3.05, 3.63) is 0 Å². The second-order valence-corrected chi connectivity index (χ2v) is 5.69. The van der Waals surface area contributed by atoms with Crippen LogP contribution >= 0.6 is 0 Å². The van der Waals surface area contributed by atoms with Gasteiger partial charge in [0.1, 0.15) is 0 Å². The predicted molar refractivity (Wildman–Crippen MR) is 63.8 cm³/mol. The second-order valence-electron chi connectivity index (χ2n) is 5.69. The van der Waals surface area contributed by atoms with E-state index in [1.807, 2.05) is 0 Å². The number of nitrogens with one attached hydrogen (secondary N) is 1. The Kier molecular flexibility index (Phi) is 5.03. The molecule has 0 radical (unpaired) electrons. The molecule has 0 aromatic heterocycles. The third-order valence-electron chi connectivity index (χ3n) is 2.95. The molecule has 0 aliphatic heterocycles. The lowest BCUT2D eigenvalue weighted by Gasteiger charge is -2.27. The quantitative estimate of drug-likeness (QED) is 0.629. The minimum Gasteiger partial charge on any atom is -0.380 e. The summed E-state index contributed by atoms with van der Waals surface area (Å²) in [6.45, 7) is 10.1. The molecule has 0 spiro atoms. The van der Waals surface area contributed by atoms with E-state index in [4.69, 9.17) is 10.5 Å². The highest BCUT2D eigenvalue weighted by molar-refractivity contribution is 4.78.